The monoisotopic (exact) mass is 238 g/mol. The molecule has 3 nitrogen and oxygen atoms in total. The van der Waals surface area contributed by atoms with E-state index in [1.54, 1.807) is 6.07 Å². The summed E-state index contributed by atoms with van der Waals surface area (Å²) in [6.07, 6.45) is 1.12. The van der Waals surface area contributed by atoms with Gasteiger partial charge < -0.3 is 10.1 Å². The highest BCUT2D eigenvalue weighted by Crippen LogP contribution is 2.21. The molecule has 0 unspecified atom stereocenters. The second kappa shape index (κ2) is 5.98. The van der Waals surface area contributed by atoms with Gasteiger partial charge in [0.05, 0.1) is 7.11 Å². The molecule has 0 saturated carbocycles. The van der Waals surface area contributed by atoms with Crippen molar-refractivity contribution in [3.05, 3.63) is 29.6 Å². The average Bonchev–Trinajstić information content (AvgIpc) is 2.60. The van der Waals surface area contributed by atoms with Gasteiger partial charge in [0, 0.05) is 25.2 Å². The summed E-state index contributed by atoms with van der Waals surface area (Å²) in [6, 6.07) is 5.33. The quantitative estimate of drug-likeness (QED) is 0.866. The summed E-state index contributed by atoms with van der Waals surface area (Å²) in [7, 11) is 1.50. The summed E-state index contributed by atoms with van der Waals surface area (Å²) in [6.45, 7) is 4.67. The van der Waals surface area contributed by atoms with Crippen LogP contribution >= 0.6 is 0 Å². The number of nitrogens with one attached hydrogen (secondary N) is 1. The van der Waals surface area contributed by atoms with Gasteiger partial charge in [-0.2, -0.15) is 0 Å². The molecule has 0 atom stereocenters. The number of hydrogen-bond acceptors (Lipinski definition) is 3. The fourth-order valence-corrected chi connectivity index (χ4v) is 2.14. The van der Waals surface area contributed by atoms with Gasteiger partial charge in [-0.25, -0.2) is 4.39 Å². The van der Waals surface area contributed by atoms with E-state index >= 15 is 0 Å². The summed E-state index contributed by atoms with van der Waals surface area (Å²) >= 11 is 0. The Kier molecular flexibility index (Phi) is 4.34. The Labute approximate surface area is 102 Å². The van der Waals surface area contributed by atoms with Gasteiger partial charge in [0.15, 0.2) is 11.6 Å². The van der Waals surface area contributed by atoms with Gasteiger partial charge in [-0.3, -0.25) is 4.90 Å². The highest BCUT2D eigenvalue weighted by atomic mass is 19.1. The minimum atomic E-state index is -0.229. The van der Waals surface area contributed by atoms with Gasteiger partial charge in [0.25, 0.3) is 0 Å². The molecule has 0 spiro atoms. The number of methoxy groups -OCH3 is 1. The number of nitrogens with zero attached hydrogens (tertiary/aromatic N) is 1. The number of ether oxygens (including phenoxy) is 1. The molecular formula is C13H19FN2O. The Morgan fingerprint density at radius 3 is 3.06 bits per heavy atom. The van der Waals surface area contributed by atoms with Gasteiger partial charge in [-0.1, -0.05) is 12.1 Å². The van der Waals surface area contributed by atoms with Crippen molar-refractivity contribution in [1.29, 1.82) is 0 Å². The van der Waals surface area contributed by atoms with E-state index in [0.29, 0.717) is 17.9 Å². The van der Waals surface area contributed by atoms with Crippen LogP contribution in [0.25, 0.3) is 0 Å². The summed E-state index contributed by atoms with van der Waals surface area (Å²) < 4.78 is 19.0. The summed E-state index contributed by atoms with van der Waals surface area (Å²) in [5, 5.41) is 3.34. The molecule has 94 valence electrons. The highest BCUT2D eigenvalue weighted by molar-refractivity contribution is 5.30. The fraction of sp³-hybridized carbons (Fsp3) is 0.538. The van der Waals surface area contributed by atoms with Crippen molar-refractivity contribution in [2.75, 3.05) is 33.3 Å². The Morgan fingerprint density at radius 2 is 2.24 bits per heavy atom. The van der Waals surface area contributed by atoms with Crippen LogP contribution in [0.3, 0.4) is 0 Å². The third-order valence-corrected chi connectivity index (χ3v) is 3.09. The minimum Gasteiger partial charge on any atom is -0.494 e. The predicted octanol–water partition coefficient (Wildman–Crippen LogP) is 1.63. The molecule has 1 fully saturated rings. The Morgan fingerprint density at radius 1 is 1.35 bits per heavy atom. The van der Waals surface area contributed by atoms with Crippen molar-refractivity contribution in [1.82, 2.24) is 10.2 Å². The molecule has 1 N–H and O–H groups in total. The van der Waals surface area contributed by atoms with E-state index in [4.69, 9.17) is 4.74 Å². The van der Waals surface area contributed by atoms with Crippen molar-refractivity contribution in [2.45, 2.75) is 13.0 Å². The maximum atomic E-state index is 14.0. The maximum absolute atomic E-state index is 14.0. The summed E-state index contributed by atoms with van der Waals surface area (Å²) in [5.74, 6) is 0.0997. The zero-order chi connectivity index (χ0) is 12.1. The molecule has 0 amide bonds. The molecule has 0 aromatic heterocycles. The first-order chi connectivity index (χ1) is 8.31. The molecule has 1 saturated heterocycles. The van der Waals surface area contributed by atoms with Crippen LogP contribution < -0.4 is 10.1 Å². The molecule has 0 bridgehead atoms. The molecule has 4 heteroatoms. The van der Waals surface area contributed by atoms with E-state index in [1.807, 2.05) is 12.1 Å². The van der Waals surface area contributed by atoms with E-state index in [0.717, 1.165) is 32.6 Å². The first kappa shape index (κ1) is 12.3. The normalized spacial score (nSPS) is 17.8. The summed E-state index contributed by atoms with van der Waals surface area (Å²) in [5.41, 5.74) is 0.714. The van der Waals surface area contributed by atoms with Gasteiger partial charge in [0.2, 0.25) is 0 Å². The van der Waals surface area contributed by atoms with E-state index in [9.17, 15) is 4.39 Å². The van der Waals surface area contributed by atoms with Crippen LogP contribution in [-0.4, -0.2) is 38.2 Å². The van der Waals surface area contributed by atoms with E-state index in [-0.39, 0.29) is 5.82 Å². The molecule has 0 aliphatic carbocycles. The van der Waals surface area contributed by atoms with Crippen molar-refractivity contribution in [3.8, 4) is 5.75 Å². The molecule has 1 aromatic rings. The lowest BCUT2D eigenvalue weighted by Gasteiger charge is -2.20. The van der Waals surface area contributed by atoms with Crippen LogP contribution in [0.4, 0.5) is 4.39 Å². The number of halogens is 1. The van der Waals surface area contributed by atoms with Crippen LogP contribution in [0.15, 0.2) is 18.2 Å². The van der Waals surface area contributed by atoms with Crippen molar-refractivity contribution in [3.63, 3.8) is 0 Å². The Balaban J connectivity index is 2.06. The van der Waals surface area contributed by atoms with Crippen LogP contribution in [0.2, 0.25) is 0 Å². The first-order valence-electron chi connectivity index (χ1n) is 6.05. The number of rotatable bonds is 3. The van der Waals surface area contributed by atoms with Crippen molar-refractivity contribution in [2.24, 2.45) is 0 Å². The Bertz CT molecular complexity index is 362. The lowest BCUT2D eigenvalue weighted by Crippen LogP contribution is -2.28. The predicted molar refractivity (Wildman–Crippen MR) is 65.7 cm³/mol. The van der Waals surface area contributed by atoms with Crippen LogP contribution in [-0.2, 0) is 6.54 Å². The molecule has 1 aliphatic heterocycles. The van der Waals surface area contributed by atoms with Crippen LogP contribution in [0, 0.1) is 5.82 Å². The smallest absolute Gasteiger partial charge is 0.169 e. The van der Waals surface area contributed by atoms with Crippen molar-refractivity contribution >= 4 is 0 Å². The van der Waals surface area contributed by atoms with Gasteiger partial charge in [-0.15, -0.1) is 0 Å². The van der Waals surface area contributed by atoms with E-state index in [2.05, 4.69) is 10.2 Å². The second-order valence-electron chi connectivity index (χ2n) is 4.31. The van der Waals surface area contributed by atoms with E-state index < -0.39 is 0 Å². The van der Waals surface area contributed by atoms with Crippen LogP contribution in [0.5, 0.6) is 5.75 Å². The molecule has 17 heavy (non-hydrogen) atoms. The van der Waals surface area contributed by atoms with Crippen molar-refractivity contribution < 1.29 is 9.13 Å². The van der Waals surface area contributed by atoms with Gasteiger partial charge in [0.1, 0.15) is 0 Å². The summed E-state index contributed by atoms with van der Waals surface area (Å²) in [4.78, 5) is 2.28. The lowest BCUT2D eigenvalue weighted by molar-refractivity contribution is 0.278. The average molecular weight is 238 g/mol. The highest BCUT2D eigenvalue weighted by Gasteiger charge is 2.13. The molecule has 1 aliphatic rings. The molecule has 1 heterocycles. The topological polar surface area (TPSA) is 24.5 Å². The fourth-order valence-electron chi connectivity index (χ4n) is 2.14. The van der Waals surface area contributed by atoms with Crippen LogP contribution in [0.1, 0.15) is 12.0 Å². The second-order valence-corrected chi connectivity index (χ2v) is 4.31. The third kappa shape index (κ3) is 3.17. The molecular weight excluding hydrogens is 219 g/mol. The van der Waals surface area contributed by atoms with E-state index in [1.165, 1.54) is 7.11 Å². The third-order valence-electron chi connectivity index (χ3n) is 3.09. The maximum Gasteiger partial charge on any atom is 0.169 e. The van der Waals surface area contributed by atoms with Gasteiger partial charge >= 0.3 is 0 Å². The largest absolute Gasteiger partial charge is 0.494 e. The zero-order valence-electron chi connectivity index (χ0n) is 10.2. The Hall–Kier alpha value is -1.13. The number of hydrogen-bond donors (Lipinski definition) is 1. The number of benzene rings is 1. The standard InChI is InChI=1S/C13H19FN2O/c1-17-12-5-2-4-11(13(12)14)10-16-8-3-6-15-7-9-16/h2,4-5,15H,3,6-10H2,1H3. The molecule has 1 aromatic carbocycles. The minimum absolute atomic E-state index is 0.229. The zero-order valence-corrected chi connectivity index (χ0v) is 10.2. The lowest BCUT2D eigenvalue weighted by atomic mass is 10.2. The molecule has 2 rings (SSSR count). The van der Waals surface area contributed by atoms with Gasteiger partial charge in [-0.05, 0) is 25.6 Å². The molecule has 0 radical (unpaired) electrons. The first-order valence-corrected chi connectivity index (χ1v) is 6.05. The SMILES string of the molecule is COc1cccc(CN2CCCNCC2)c1F.